The lowest BCUT2D eigenvalue weighted by molar-refractivity contribution is 0.316. The molecule has 112 valence electrons. The van der Waals surface area contributed by atoms with Gasteiger partial charge in [-0.25, -0.2) is 13.1 Å². The Bertz CT molecular complexity index is 531. The van der Waals surface area contributed by atoms with E-state index in [1.165, 1.54) is 0 Å². The van der Waals surface area contributed by atoms with Crippen LogP contribution >= 0.6 is 0 Å². The zero-order chi connectivity index (χ0) is 15.0. The van der Waals surface area contributed by atoms with E-state index in [4.69, 9.17) is 10.9 Å². The third kappa shape index (κ3) is 5.98. The molecule has 0 saturated heterocycles. The normalized spacial score (nSPS) is 14.2. The average molecular weight is 300 g/mol. The van der Waals surface area contributed by atoms with Crippen LogP contribution in [0.5, 0.6) is 0 Å². The van der Waals surface area contributed by atoms with Gasteiger partial charge in [-0.15, -0.1) is 0 Å². The van der Waals surface area contributed by atoms with Crippen LogP contribution in [0.15, 0.2) is 29.7 Å². The highest BCUT2D eigenvalue weighted by molar-refractivity contribution is 7.89. The Morgan fingerprint density at radius 2 is 2.15 bits per heavy atom. The number of aryl methyl sites for hydroxylation is 1. The molecule has 1 unspecified atom stereocenters. The smallest absolute Gasteiger partial charge is 0.212 e. The number of nitrogens with zero attached hydrogens (tertiary/aromatic N) is 2. The maximum atomic E-state index is 12.0. The molecule has 8 heteroatoms. The van der Waals surface area contributed by atoms with Crippen molar-refractivity contribution in [3.63, 3.8) is 0 Å². The molecule has 0 radical (unpaired) electrons. The van der Waals surface area contributed by atoms with Crippen molar-refractivity contribution in [2.24, 2.45) is 10.9 Å². The zero-order valence-corrected chi connectivity index (χ0v) is 12.2. The summed E-state index contributed by atoms with van der Waals surface area (Å²) in [6.45, 7) is 1.83. The highest BCUT2D eigenvalue weighted by atomic mass is 32.2. The Morgan fingerprint density at radius 3 is 2.70 bits per heavy atom. The minimum absolute atomic E-state index is 0.00804. The van der Waals surface area contributed by atoms with E-state index in [-0.39, 0.29) is 24.1 Å². The van der Waals surface area contributed by atoms with E-state index in [1.807, 2.05) is 6.92 Å². The summed E-state index contributed by atoms with van der Waals surface area (Å²) in [4.78, 5) is 3.88. The number of rotatable bonds is 8. The van der Waals surface area contributed by atoms with Crippen LogP contribution in [0.4, 0.5) is 0 Å². The molecule has 0 bridgehead atoms. The van der Waals surface area contributed by atoms with Gasteiger partial charge >= 0.3 is 0 Å². The number of amidine groups is 1. The van der Waals surface area contributed by atoms with Crippen LogP contribution in [-0.4, -0.2) is 36.2 Å². The van der Waals surface area contributed by atoms with Gasteiger partial charge in [0.25, 0.3) is 0 Å². The van der Waals surface area contributed by atoms with Gasteiger partial charge in [-0.1, -0.05) is 12.1 Å². The number of hydrogen-bond acceptors (Lipinski definition) is 5. The van der Waals surface area contributed by atoms with Crippen LogP contribution in [-0.2, 0) is 16.4 Å². The second kappa shape index (κ2) is 7.81. The molecule has 1 heterocycles. The summed E-state index contributed by atoms with van der Waals surface area (Å²) >= 11 is 0. The predicted molar refractivity (Wildman–Crippen MR) is 77.0 cm³/mol. The molecular weight excluding hydrogens is 280 g/mol. The fourth-order valence-corrected chi connectivity index (χ4v) is 3.06. The summed E-state index contributed by atoms with van der Waals surface area (Å²) in [5.41, 5.74) is 6.30. The van der Waals surface area contributed by atoms with Crippen molar-refractivity contribution < 1.29 is 13.6 Å². The maximum Gasteiger partial charge on any atom is 0.212 e. The van der Waals surface area contributed by atoms with E-state index in [1.54, 1.807) is 24.5 Å². The fraction of sp³-hybridized carbons (Fsp3) is 0.500. The molecule has 0 aliphatic rings. The van der Waals surface area contributed by atoms with Gasteiger partial charge in [0.2, 0.25) is 10.0 Å². The van der Waals surface area contributed by atoms with Gasteiger partial charge in [-0.05, 0) is 30.5 Å². The molecule has 0 aliphatic carbocycles. The van der Waals surface area contributed by atoms with Gasteiger partial charge in [0, 0.05) is 24.9 Å². The Labute approximate surface area is 118 Å². The van der Waals surface area contributed by atoms with Gasteiger partial charge < -0.3 is 10.9 Å². The molecule has 0 spiro atoms. The Balaban J connectivity index is 2.55. The van der Waals surface area contributed by atoms with Crippen LogP contribution in [0.1, 0.15) is 25.3 Å². The SMILES string of the molecule is CCC(CC(N)=NO)NS(=O)(=O)CCc1ccncc1. The Hall–Kier alpha value is -1.67. The molecule has 0 aliphatic heterocycles. The summed E-state index contributed by atoms with van der Waals surface area (Å²) in [6, 6.07) is 3.19. The van der Waals surface area contributed by atoms with Gasteiger partial charge in [0.05, 0.1) is 5.75 Å². The van der Waals surface area contributed by atoms with Gasteiger partial charge in [0.15, 0.2) is 0 Å². The minimum Gasteiger partial charge on any atom is -0.409 e. The molecule has 0 aromatic carbocycles. The zero-order valence-electron chi connectivity index (χ0n) is 11.4. The number of nitrogens with two attached hydrogens (primary N) is 1. The van der Waals surface area contributed by atoms with E-state index in [0.717, 1.165) is 5.56 Å². The van der Waals surface area contributed by atoms with Gasteiger partial charge in [-0.3, -0.25) is 4.98 Å². The minimum atomic E-state index is -3.41. The lowest BCUT2D eigenvalue weighted by Gasteiger charge is -2.16. The molecule has 4 N–H and O–H groups in total. The van der Waals surface area contributed by atoms with Gasteiger partial charge in [0.1, 0.15) is 5.84 Å². The average Bonchev–Trinajstić information content (AvgIpc) is 2.45. The van der Waals surface area contributed by atoms with Crippen molar-refractivity contribution in [3.05, 3.63) is 30.1 Å². The van der Waals surface area contributed by atoms with E-state index in [9.17, 15) is 8.42 Å². The first-order valence-corrected chi connectivity index (χ1v) is 7.97. The summed E-state index contributed by atoms with van der Waals surface area (Å²) in [7, 11) is -3.41. The second-order valence-electron chi connectivity index (χ2n) is 4.44. The van der Waals surface area contributed by atoms with Crippen LogP contribution < -0.4 is 10.5 Å². The van der Waals surface area contributed by atoms with E-state index in [0.29, 0.717) is 12.8 Å². The molecule has 1 atom stereocenters. The monoisotopic (exact) mass is 300 g/mol. The summed E-state index contributed by atoms with van der Waals surface area (Å²) in [6.07, 6.45) is 4.41. The van der Waals surface area contributed by atoms with Crippen molar-refractivity contribution in [1.29, 1.82) is 0 Å². The highest BCUT2D eigenvalue weighted by Crippen LogP contribution is 2.04. The van der Waals surface area contributed by atoms with Crippen LogP contribution in [0.2, 0.25) is 0 Å². The molecule has 1 aromatic rings. The standard InChI is InChI=1S/C12H20N4O3S/c1-2-11(9-12(13)15-17)16-20(18,19)8-5-10-3-6-14-7-4-10/h3-4,6-7,11,16-17H,2,5,8-9H2,1H3,(H2,13,15). The summed E-state index contributed by atoms with van der Waals surface area (Å²) in [5.74, 6) is -0.00219. The quantitative estimate of drug-likeness (QED) is 0.279. The topological polar surface area (TPSA) is 118 Å². The third-order valence-corrected chi connectivity index (χ3v) is 4.27. The number of oxime groups is 1. The number of nitrogens with one attached hydrogen (secondary N) is 1. The van der Waals surface area contributed by atoms with Crippen molar-refractivity contribution in [3.8, 4) is 0 Å². The molecule has 0 amide bonds. The molecule has 7 nitrogen and oxygen atoms in total. The number of aromatic nitrogens is 1. The van der Waals surface area contributed by atoms with E-state index < -0.39 is 10.0 Å². The Morgan fingerprint density at radius 1 is 1.50 bits per heavy atom. The third-order valence-electron chi connectivity index (χ3n) is 2.83. The second-order valence-corrected chi connectivity index (χ2v) is 6.32. The molecule has 1 aromatic heterocycles. The summed E-state index contributed by atoms with van der Waals surface area (Å²) < 4.78 is 26.5. The molecular formula is C12H20N4O3S. The first-order valence-electron chi connectivity index (χ1n) is 6.32. The summed E-state index contributed by atoms with van der Waals surface area (Å²) in [5, 5.41) is 11.4. The number of hydrogen-bond donors (Lipinski definition) is 3. The predicted octanol–water partition coefficient (Wildman–Crippen LogP) is 0.459. The van der Waals surface area contributed by atoms with Crippen molar-refractivity contribution in [2.45, 2.75) is 32.2 Å². The molecule has 1 rings (SSSR count). The Kier molecular flexibility index (Phi) is 6.40. The number of pyridine rings is 1. The van der Waals surface area contributed by atoms with E-state index >= 15 is 0 Å². The highest BCUT2D eigenvalue weighted by Gasteiger charge is 2.17. The maximum absolute atomic E-state index is 12.0. The first kappa shape index (κ1) is 16.4. The first-order chi connectivity index (χ1) is 9.46. The van der Waals surface area contributed by atoms with Gasteiger partial charge in [-0.2, -0.15) is 0 Å². The van der Waals surface area contributed by atoms with E-state index in [2.05, 4.69) is 14.9 Å². The van der Waals surface area contributed by atoms with Crippen LogP contribution in [0.25, 0.3) is 0 Å². The van der Waals surface area contributed by atoms with Crippen molar-refractivity contribution in [1.82, 2.24) is 9.71 Å². The molecule has 20 heavy (non-hydrogen) atoms. The van der Waals surface area contributed by atoms with Crippen LogP contribution in [0.3, 0.4) is 0 Å². The number of sulfonamides is 1. The van der Waals surface area contributed by atoms with Crippen molar-refractivity contribution in [2.75, 3.05) is 5.75 Å². The molecule has 0 saturated carbocycles. The van der Waals surface area contributed by atoms with Crippen molar-refractivity contribution >= 4 is 15.9 Å². The molecule has 0 fully saturated rings. The largest absolute Gasteiger partial charge is 0.409 e. The fourth-order valence-electron chi connectivity index (χ4n) is 1.68. The van der Waals surface area contributed by atoms with Crippen LogP contribution in [0, 0.1) is 0 Å². The lowest BCUT2D eigenvalue weighted by atomic mass is 10.1. The lowest BCUT2D eigenvalue weighted by Crippen LogP contribution is -2.39.